The van der Waals surface area contributed by atoms with Gasteiger partial charge in [0.25, 0.3) is 0 Å². The highest BCUT2D eigenvalue weighted by molar-refractivity contribution is 6.30. The molecule has 1 aliphatic carbocycles. The molecule has 1 aliphatic heterocycles. The molecular weight excluding hydrogens is 264 g/mol. The number of ether oxygens (including phenoxy) is 1. The van der Waals surface area contributed by atoms with Crippen molar-refractivity contribution in [3.63, 3.8) is 0 Å². The van der Waals surface area contributed by atoms with E-state index < -0.39 is 0 Å². The van der Waals surface area contributed by atoms with E-state index in [1.165, 1.54) is 0 Å². The van der Waals surface area contributed by atoms with E-state index in [1.807, 2.05) is 6.08 Å². The van der Waals surface area contributed by atoms with E-state index in [-0.39, 0.29) is 5.97 Å². The number of allylic oxidation sites excluding steroid dienone is 2. The van der Waals surface area contributed by atoms with Crippen LogP contribution in [0.3, 0.4) is 0 Å². The van der Waals surface area contributed by atoms with E-state index >= 15 is 0 Å². The number of hydrogen-bond acceptors (Lipinski definition) is 4. The van der Waals surface area contributed by atoms with Crippen molar-refractivity contribution in [2.75, 3.05) is 13.2 Å². The lowest BCUT2D eigenvalue weighted by Crippen LogP contribution is -2.28. The van der Waals surface area contributed by atoms with Crippen molar-refractivity contribution in [1.82, 2.24) is 4.90 Å². The summed E-state index contributed by atoms with van der Waals surface area (Å²) in [6, 6.07) is 0.475. The third-order valence-corrected chi connectivity index (χ3v) is 3.17. The fourth-order valence-corrected chi connectivity index (χ4v) is 2.00. The highest BCUT2D eigenvalue weighted by Gasteiger charge is 2.32. The molecular formula is C14H17ClN2O2. The Morgan fingerprint density at radius 1 is 1.58 bits per heavy atom. The number of cyclic esters (lactones) is 1. The first-order valence-corrected chi connectivity index (χ1v) is 6.55. The van der Waals surface area contributed by atoms with Crippen LogP contribution in [-0.2, 0) is 9.53 Å². The lowest BCUT2D eigenvalue weighted by Gasteiger charge is -2.25. The molecule has 0 unspecified atom stereocenters. The SMILES string of the molecule is C=C(Cl)/C=C\C(=C/N)CN(C1=CC(=O)OC1)C1CC1. The molecule has 2 rings (SSSR count). The average Bonchev–Trinajstić information content (AvgIpc) is 3.12. The quantitative estimate of drug-likeness (QED) is 0.598. The Labute approximate surface area is 117 Å². The zero-order valence-corrected chi connectivity index (χ0v) is 11.4. The summed E-state index contributed by atoms with van der Waals surface area (Å²) in [4.78, 5) is 13.3. The molecule has 4 nitrogen and oxygen atoms in total. The van der Waals surface area contributed by atoms with Crippen LogP contribution in [-0.4, -0.2) is 30.1 Å². The molecule has 2 N–H and O–H groups in total. The predicted octanol–water partition coefficient (Wildman–Crippen LogP) is 2.04. The highest BCUT2D eigenvalue weighted by atomic mass is 35.5. The predicted molar refractivity (Wildman–Crippen MR) is 75.2 cm³/mol. The molecule has 1 heterocycles. The molecule has 0 aromatic rings. The Bertz CT molecular complexity index is 476. The van der Waals surface area contributed by atoms with Crippen molar-refractivity contribution in [1.29, 1.82) is 0 Å². The number of hydrogen-bond donors (Lipinski definition) is 1. The van der Waals surface area contributed by atoms with E-state index in [0.29, 0.717) is 24.2 Å². The van der Waals surface area contributed by atoms with E-state index in [0.717, 1.165) is 24.1 Å². The minimum absolute atomic E-state index is 0.274. The molecule has 1 fully saturated rings. The maximum Gasteiger partial charge on any atom is 0.333 e. The topological polar surface area (TPSA) is 55.6 Å². The summed E-state index contributed by atoms with van der Waals surface area (Å²) in [6.45, 7) is 4.59. The monoisotopic (exact) mass is 280 g/mol. The van der Waals surface area contributed by atoms with Gasteiger partial charge in [-0.05, 0) is 30.7 Å². The van der Waals surface area contributed by atoms with Crippen LogP contribution < -0.4 is 5.73 Å². The van der Waals surface area contributed by atoms with Gasteiger partial charge in [0.05, 0.1) is 5.70 Å². The average molecular weight is 281 g/mol. The second-order valence-electron chi connectivity index (χ2n) is 4.62. The van der Waals surface area contributed by atoms with Gasteiger partial charge in [-0.25, -0.2) is 4.79 Å². The minimum Gasteiger partial charge on any atom is -0.456 e. The van der Waals surface area contributed by atoms with Crippen LogP contribution in [0.5, 0.6) is 0 Å². The summed E-state index contributed by atoms with van der Waals surface area (Å²) < 4.78 is 4.96. The van der Waals surface area contributed by atoms with E-state index in [1.54, 1.807) is 18.4 Å². The van der Waals surface area contributed by atoms with Gasteiger partial charge >= 0.3 is 5.97 Å². The summed E-state index contributed by atoms with van der Waals surface area (Å²) in [5.74, 6) is -0.274. The maximum absolute atomic E-state index is 11.2. The summed E-state index contributed by atoms with van der Waals surface area (Å²) in [5, 5.41) is 0.455. The summed E-state index contributed by atoms with van der Waals surface area (Å²) in [7, 11) is 0. The van der Waals surface area contributed by atoms with Crippen LogP contribution in [0.25, 0.3) is 0 Å². The first kappa shape index (κ1) is 13.7. The molecule has 0 saturated heterocycles. The van der Waals surface area contributed by atoms with Crippen LogP contribution >= 0.6 is 11.6 Å². The molecule has 0 aromatic carbocycles. The van der Waals surface area contributed by atoms with Gasteiger partial charge in [-0.2, -0.15) is 0 Å². The number of rotatable bonds is 6. The summed E-state index contributed by atoms with van der Waals surface area (Å²) >= 11 is 5.70. The Balaban J connectivity index is 2.06. The number of carbonyl (C=O) groups excluding carboxylic acids is 1. The van der Waals surface area contributed by atoms with Crippen molar-refractivity contribution in [3.8, 4) is 0 Å². The first-order valence-electron chi connectivity index (χ1n) is 6.17. The van der Waals surface area contributed by atoms with Crippen molar-refractivity contribution >= 4 is 17.6 Å². The Morgan fingerprint density at radius 2 is 2.32 bits per heavy atom. The molecule has 2 aliphatic rings. The van der Waals surface area contributed by atoms with E-state index in [9.17, 15) is 4.79 Å². The third kappa shape index (κ3) is 3.89. The minimum atomic E-state index is -0.274. The second kappa shape index (κ2) is 5.97. The molecule has 0 spiro atoms. The molecule has 1 saturated carbocycles. The zero-order chi connectivity index (χ0) is 13.8. The van der Waals surface area contributed by atoms with Gasteiger partial charge in [0.15, 0.2) is 0 Å². The molecule has 102 valence electrons. The van der Waals surface area contributed by atoms with Crippen LogP contribution in [0.4, 0.5) is 0 Å². The van der Waals surface area contributed by atoms with Gasteiger partial charge in [0, 0.05) is 23.7 Å². The lowest BCUT2D eigenvalue weighted by atomic mass is 10.2. The number of nitrogens with zero attached hydrogens (tertiary/aromatic N) is 1. The normalized spacial score (nSPS) is 19.5. The van der Waals surface area contributed by atoms with Crippen molar-refractivity contribution < 1.29 is 9.53 Å². The van der Waals surface area contributed by atoms with Gasteiger partial charge in [-0.15, -0.1) is 0 Å². The summed E-state index contributed by atoms with van der Waals surface area (Å²) in [5.41, 5.74) is 7.47. The van der Waals surface area contributed by atoms with Crippen LogP contribution in [0.2, 0.25) is 0 Å². The first-order chi connectivity index (χ1) is 9.10. The maximum atomic E-state index is 11.2. The van der Waals surface area contributed by atoms with E-state index in [2.05, 4.69) is 11.5 Å². The van der Waals surface area contributed by atoms with Gasteiger partial charge in [0.2, 0.25) is 0 Å². The van der Waals surface area contributed by atoms with Gasteiger partial charge < -0.3 is 15.4 Å². The smallest absolute Gasteiger partial charge is 0.333 e. The fraction of sp³-hybridized carbons (Fsp3) is 0.357. The molecule has 19 heavy (non-hydrogen) atoms. The van der Waals surface area contributed by atoms with Crippen molar-refractivity contribution in [2.45, 2.75) is 18.9 Å². The molecule has 5 heteroatoms. The Kier molecular flexibility index (Phi) is 4.32. The second-order valence-corrected chi connectivity index (χ2v) is 5.11. The van der Waals surface area contributed by atoms with Gasteiger partial charge in [-0.3, -0.25) is 0 Å². The molecule has 0 amide bonds. The van der Waals surface area contributed by atoms with Crippen LogP contribution in [0, 0.1) is 0 Å². The number of halogens is 1. The Hall–Kier alpha value is -1.68. The lowest BCUT2D eigenvalue weighted by molar-refractivity contribution is -0.135. The van der Waals surface area contributed by atoms with Gasteiger partial charge in [-0.1, -0.05) is 24.3 Å². The summed E-state index contributed by atoms with van der Waals surface area (Å²) in [6.07, 6.45) is 8.91. The third-order valence-electron chi connectivity index (χ3n) is 3.05. The highest BCUT2D eigenvalue weighted by Crippen LogP contribution is 2.32. The number of carbonyl (C=O) groups is 1. The standard InChI is InChI=1S/C14H17ClN2O2/c1-10(15)2-3-11(7-16)8-17(12-4-5-12)13-6-14(18)19-9-13/h2-3,6-7,12H,1,4-5,8-9,16H2/b3-2-,11-7+. The van der Waals surface area contributed by atoms with Crippen LogP contribution in [0.1, 0.15) is 12.8 Å². The zero-order valence-electron chi connectivity index (χ0n) is 10.6. The molecule has 0 bridgehead atoms. The van der Waals surface area contributed by atoms with Crippen molar-refractivity contribution in [3.05, 3.63) is 47.3 Å². The van der Waals surface area contributed by atoms with E-state index in [4.69, 9.17) is 22.1 Å². The fourth-order valence-electron chi connectivity index (χ4n) is 1.94. The molecule has 0 atom stereocenters. The Morgan fingerprint density at radius 3 is 2.79 bits per heavy atom. The molecule has 0 aromatic heterocycles. The van der Waals surface area contributed by atoms with Crippen molar-refractivity contribution in [2.24, 2.45) is 5.73 Å². The number of esters is 1. The van der Waals surface area contributed by atoms with Crippen LogP contribution in [0.15, 0.2) is 47.3 Å². The van der Waals surface area contributed by atoms with Gasteiger partial charge in [0.1, 0.15) is 6.61 Å². The number of nitrogens with two attached hydrogens (primary N) is 1. The molecule has 0 radical (unpaired) electrons. The largest absolute Gasteiger partial charge is 0.456 e.